The average molecular weight is 427 g/mol. The van der Waals surface area contributed by atoms with Gasteiger partial charge in [-0.2, -0.15) is 9.36 Å². The number of halogens is 1. The molecular formula is C19H15FN6OS2. The molecule has 0 radical (unpaired) electrons. The minimum atomic E-state index is -0.326. The van der Waals surface area contributed by atoms with Gasteiger partial charge in [-0.3, -0.25) is 14.7 Å². The topological polar surface area (TPSA) is 85.6 Å². The zero-order chi connectivity index (χ0) is 20.2. The maximum absolute atomic E-state index is 13.0. The molecule has 0 bridgehead atoms. The molecule has 0 aliphatic carbocycles. The number of hydrogen-bond acceptors (Lipinski definition) is 7. The van der Waals surface area contributed by atoms with Gasteiger partial charge in [0.25, 0.3) is 0 Å². The van der Waals surface area contributed by atoms with Gasteiger partial charge in [0, 0.05) is 22.8 Å². The molecule has 0 unspecified atom stereocenters. The average Bonchev–Trinajstić information content (AvgIpc) is 3.37. The van der Waals surface area contributed by atoms with Crippen molar-refractivity contribution in [3.63, 3.8) is 0 Å². The van der Waals surface area contributed by atoms with E-state index in [0.29, 0.717) is 21.7 Å². The molecule has 0 atom stereocenters. The van der Waals surface area contributed by atoms with Crippen LogP contribution in [0.1, 0.15) is 5.56 Å². The molecule has 4 aromatic rings. The van der Waals surface area contributed by atoms with Gasteiger partial charge in [0.05, 0.1) is 5.75 Å². The van der Waals surface area contributed by atoms with Crippen LogP contribution in [-0.2, 0) is 4.79 Å². The summed E-state index contributed by atoms with van der Waals surface area (Å²) in [5, 5.41) is 11.8. The van der Waals surface area contributed by atoms with Crippen LogP contribution >= 0.6 is 23.3 Å². The van der Waals surface area contributed by atoms with Gasteiger partial charge < -0.3 is 0 Å². The van der Waals surface area contributed by atoms with Crippen molar-refractivity contribution in [1.29, 1.82) is 0 Å². The zero-order valence-corrected chi connectivity index (χ0v) is 16.9. The molecule has 0 saturated carbocycles. The predicted octanol–water partition coefficient (Wildman–Crippen LogP) is 3.96. The van der Waals surface area contributed by atoms with E-state index in [-0.39, 0.29) is 17.5 Å². The highest BCUT2D eigenvalue weighted by molar-refractivity contribution is 7.99. The van der Waals surface area contributed by atoms with E-state index in [1.165, 1.54) is 23.9 Å². The lowest BCUT2D eigenvalue weighted by Gasteiger charge is -2.06. The van der Waals surface area contributed by atoms with E-state index in [0.717, 1.165) is 22.8 Å². The van der Waals surface area contributed by atoms with Crippen LogP contribution in [-0.4, -0.2) is 35.8 Å². The second-order valence-electron chi connectivity index (χ2n) is 6.09. The lowest BCUT2D eigenvalue weighted by atomic mass is 10.2. The standard InChI is InChI=1S/C19H15FN6OS2/c1-12-2-8-15(9-3-12)26-11-21-24-19(26)28-10-16(27)22-18-23-17(25-29-18)13-4-6-14(20)7-5-13/h2-9,11H,10H2,1H3,(H,22,23,25,27). The monoisotopic (exact) mass is 426 g/mol. The normalized spacial score (nSPS) is 10.8. The van der Waals surface area contributed by atoms with Gasteiger partial charge in [0.1, 0.15) is 12.1 Å². The number of rotatable bonds is 6. The summed E-state index contributed by atoms with van der Waals surface area (Å²) >= 11 is 2.35. The van der Waals surface area contributed by atoms with Crippen LogP contribution < -0.4 is 5.32 Å². The Kier molecular flexibility index (Phi) is 5.63. The molecule has 1 N–H and O–H groups in total. The number of nitrogens with one attached hydrogen (secondary N) is 1. The molecule has 4 rings (SSSR count). The number of amides is 1. The summed E-state index contributed by atoms with van der Waals surface area (Å²) in [6, 6.07) is 13.8. The highest BCUT2D eigenvalue weighted by Crippen LogP contribution is 2.23. The number of anilines is 1. The molecule has 0 aliphatic rings. The van der Waals surface area contributed by atoms with E-state index in [1.807, 2.05) is 35.8 Å². The largest absolute Gasteiger partial charge is 0.300 e. The quantitative estimate of drug-likeness (QED) is 0.470. The van der Waals surface area contributed by atoms with Crippen molar-refractivity contribution in [2.24, 2.45) is 0 Å². The van der Waals surface area contributed by atoms with E-state index >= 15 is 0 Å². The summed E-state index contributed by atoms with van der Waals surface area (Å²) in [5.74, 6) is 0.0380. The van der Waals surface area contributed by atoms with Crippen LogP contribution in [0.4, 0.5) is 9.52 Å². The molecule has 0 saturated heterocycles. The Morgan fingerprint density at radius 2 is 1.93 bits per heavy atom. The number of hydrogen-bond donors (Lipinski definition) is 1. The number of aromatic nitrogens is 5. The molecule has 10 heteroatoms. The Morgan fingerprint density at radius 1 is 1.17 bits per heavy atom. The number of nitrogens with zero attached hydrogens (tertiary/aromatic N) is 5. The second-order valence-corrected chi connectivity index (χ2v) is 7.78. The number of aryl methyl sites for hydroxylation is 1. The number of benzene rings is 2. The first kappa shape index (κ1) is 19.2. The summed E-state index contributed by atoms with van der Waals surface area (Å²) in [6.45, 7) is 2.02. The van der Waals surface area contributed by atoms with Gasteiger partial charge in [-0.05, 0) is 43.3 Å². The lowest BCUT2D eigenvalue weighted by Crippen LogP contribution is -2.14. The first-order valence-corrected chi connectivity index (χ1v) is 10.3. The van der Waals surface area contributed by atoms with E-state index in [2.05, 4.69) is 24.9 Å². The summed E-state index contributed by atoms with van der Waals surface area (Å²) in [5.41, 5.74) is 2.77. The minimum absolute atomic E-state index is 0.149. The highest BCUT2D eigenvalue weighted by atomic mass is 32.2. The molecule has 7 nitrogen and oxygen atoms in total. The Bertz CT molecular complexity index is 1120. The van der Waals surface area contributed by atoms with E-state index in [4.69, 9.17) is 0 Å². The molecule has 2 heterocycles. The fourth-order valence-corrected chi connectivity index (χ4v) is 3.82. The van der Waals surface area contributed by atoms with Crippen LogP contribution in [0.25, 0.3) is 17.1 Å². The van der Waals surface area contributed by atoms with Crippen molar-refractivity contribution in [2.45, 2.75) is 12.1 Å². The fraction of sp³-hybridized carbons (Fsp3) is 0.105. The third kappa shape index (κ3) is 4.66. The van der Waals surface area contributed by atoms with Crippen LogP contribution in [0.15, 0.2) is 60.0 Å². The summed E-state index contributed by atoms with van der Waals surface area (Å²) in [6.07, 6.45) is 1.62. The lowest BCUT2D eigenvalue weighted by molar-refractivity contribution is -0.113. The Morgan fingerprint density at radius 3 is 2.69 bits per heavy atom. The van der Waals surface area contributed by atoms with Crippen LogP contribution in [0.3, 0.4) is 0 Å². The third-order valence-corrected chi connectivity index (χ3v) is 5.51. The second kappa shape index (κ2) is 8.50. The van der Waals surface area contributed by atoms with E-state index in [9.17, 15) is 9.18 Å². The molecule has 0 aliphatic heterocycles. The first-order chi connectivity index (χ1) is 14.1. The van der Waals surface area contributed by atoms with Gasteiger partial charge in [0.15, 0.2) is 11.0 Å². The summed E-state index contributed by atoms with van der Waals surface area (Å²) in [7, 11) is 0. The van der Waals surface area contributed by atoms with Crippen molar-refractivity contribution in [3.8, 4) is 17.1 Å². The van der Waals surface area contributed by atoms with Crippen molar-refractivity contribution < 1.29 is 9.18 Å². The molecule has 2 aromatic carbocycles. The zero-order valence-electron chi connectivity index (χ0n) is 15.2. The molecule has 0 fully saturated rings. The SMILES string of the molecule is Cc1ccc(-n2cnnc2SCC(=O)Nc2nc(-c3ccc(F)cc3)ns2)cc1. The predicted molar refractivity (Wildman–Crippen MR) is 111 cm³/mol. The molecular weight excluding hydrogens is 411 g/mol. The molecule has 2 aromatic heterocycles. The van der Waals surface area contributed by atoms with Gasteiger partial charge in [-0.15, -0.1) is 10.2 Å². The Labute approximate surface area is 174 Å². The maximum Gasteiger partial charge on any atom is 0.236 e. The van der Waals surface area contributed by atoms with E-state index in [1.54, 1.807) is 18.5 Å². The molecule has 1 amide bonds. The molecule has 0 spiro atoms. The van der Waals surface area contributed by atoms with E-state index < -0.39 is 0 Å². The van der Waals surface area contributed by atoms with Gasteiger partial charge >= 0.3 is 0 Å². The minimum Gasteiger partial charge on any atom is -0.300 e. The summed E-state index contributed by atoms with van der Waals surface area (Å²) in [4.78, 5) is 16.6. The first-order valence-electron chi connectivity index (χ1n) is 8.58. The number of thioether (sulfide) groups is 1. The van der Waals surface area contributed by atoms with Gasteiger partial charge in [-0.1, -0.05) is 29.5 Å². The molecule has 29 heavy (non-hydrogen) atoms. The highest BCUT2D eigenvalue weighted by Gasteiger charge is 2.13. The van der Waals surface area contributed by atoms with Crippen LogP contribution in [0.5, 0.6) is 0 Å². The summed E-state index contributed by atoms with van der Waals surface area (Å²) < 4.78 is 19.1. The van der Waals surface area contributed by atoms with Crippen molar-refractivity contribution in [1.82, 2.24) is 24.1 Å². The van der Waals surface area contributed by atoms with Crippen molar-refractivity contribution in [3.05, 3.63) is 66.2 Å². The van der Waals surface area contributed by atoms with Gasteiger partial charge in [-0.25, -0.2) is 4.39 Å². The number of carbonyl (C=O) groups is 1. The van der Waals surface area contributed by atoms with Crippen molar-refractivity contribution >= 4 is 34.3 Å². The molecule has 146 valence electrons. The fourth-order valence-electron chi connectivity index (χ4n) is 2.48. The van der Waals surface area contributed by atoms with Crippen LogP contribution in [0.2, 0.25) is 0 Å². The Balaban J connectivity index is 1.37. The van der Waals surface area contributed by atoms with Gasteiger partial charge in [0.2, 0.25) is 11.0 Å². The van der Waals surface area contributed by atoms with Crippen LogP contribution in [0, 0.1) is 12.7 Å². The number of carbonyl (C=O) groups excluding carboxylic acids is 1. The smallest absolute Gasteiger partial charge is 0.236 e. The maximum atomic E-state index is 13.0. The third-order valence-electron chi connectivity index (χ3n) is 3.94. The van der Waals surface area contributed by atoms with Crippen molar-refractivity contribution in [2.75, 3.05) is 11.1 Å². The Hall–Kier alpha value is -3.11.